The SMILES string of the molecule is O=C(Nc1cnc(N2CCC(O)CC2)nc1)c1cc(C(=O)c2c(F)cccc2Cl)c[nH]1. The van der Waals surface area contributed by atoms with E-state index in [2.05, 4.69) is 20.3 Å². The summed E-state index contributed by atoms with van der Waals surface area (Å²) in [6, 6.07) is 5.31. The van der Waals surface area contributed by atoms with Crippen molar-refractivity contribution in [2.75, 3.05) is 23.3 Å². The maximum absolute atomic E-state index is 14.0. The summed E-state index contributed by atoms with van der Waals surface area (Å²) in [6.45, 7) is 1.33. The number of aromatic amines is 1. The van der Waals surface area contributed by atoms with Crippen LogP contribution in [-0.4, -0.2) is 50.9 Å². The molecule has 1 aromatic carbocycles. The van der Waals surface area contributed by atoms with E-state index in [1.54, 1.807) is 0 Å². The number of anilines is 2. The van der Waals surface area contributed by atoms with E-state index < -0.39 is 17.5 Å². The molecule has 1 saturated heterocycles. The molecule has 0 bridgehead atoms. The van der Waals surface area contributed by atoms with Crippen LogP contribution in [0.5, 0.6) is 0 Å². The standard InChI is InChI=1S/C21H19ClFN5O3/c22-15-2-1-3-16(23)18(15)19(30)12-8-17(24-9-12)20(31)27-13-10-25-21(26-11-13)28-6-4-14(29)5-7-28/h1-3,8-11,14,24,29H,4-7H2,(H,27,31). The van der Waals surface area contributed by atoms with Gasteiger partial charge in [0.25, 0.3) is 5.91 Å². The zero-order valence-corrected chi connectivity index (χ0v) is 17.1. The quantitative estimate of drug-likeness (QED) is 0.523. The molecule has 0 radical (unpaired) electrons. The van der Waals surface area contributed by atoms with Gasteiger partial charge in [0, 0.05) is 24.8 Å². The van der Waals surface area contributed by atoms with Crippen LogP contribution in [-0.2, 0) is 0 Å². The highest BCUT2D eigenvalue weighted by atomic mass is 35.5. The van der Waals surface area contributed by atoms with Crippen molar-refractivity contribution in [1.82, 2.24) is 15.0 Å². The minimum atomic E-state index is -0.731. The number of halogens is 2. The van der Waals surface area contributed by atoms with Crippen molar-refractivity contribution in [1.29, 1.82) is 0 Å². The molecule has 0 atom stereocenters. The van der Waals surface area contributed by atoms with Crippen molar-refractivity contribution in [2.24, 2.45) is 0 Å². The first-order valence-corrected chi connectivity index (χ1v) is 10.0. The first-order valence-electron chi connectivity index (χ1n) is 9.66. The maximum atomic E-state index is 14.0. The smallest absolute Gasteiger partial charge is 0.272 e. The number of benzene rings is 1. The number of H-pyrrole nitrogens is 1. The highest BCUT2D eigenvalue weighted by molar-refractivity contribution is 6.35. The Morgan fingerprint density at radius 3 is 2.61 bits per heavy atom. The van der Waals surface area contributed by atoms with Crippen molar-refractivity contribution >= 4 is 34.9 Å². The van der Waals surface area contributed by atoms with Crippen LogP contribution in [0.25, 0.3) is 0 Å². The van der Waals surface area contributed by atoms with Gasteiger partial charge in [0.15, 0.2) is 5.78 Å². The summed E-state index contributed by atoms with van der Waals surface area (Å²) in [4.78, 5) is 38.3. The van der Waals surface area contributed by atoms with Crippen LogP contribution in [0.1, 0.15) is 39.3 Å². The van der Waals surface area contributed by atoms with Gasteiger partial charge in [0.2, 0.25) is 5.95 Å². The van der Waals surface area contributed by atoms with Crippen molar-refractivity contribution in [3.05, 3.63) is 70.5 Å². The average Bonchev–Trinajstić information content (AvgIpc) is 3.25. The van der Waals surface area contributed by atoms with Gasteiger partial charge >= 0.3 is 0 Å². The Balaban J connectivity index is 1.43. The second-order valence-electron chi connectivity index (χ2n) is 7.17. The van der Waals surface area contributed by atoms with Crippen LogP contribution in [0.3, 0.4) is 0 Å². The van der Waals surface area contributed by atoms with Crippen molar-refractivity contribution in [3.63, 3.8) is 0 Å². The third-order valence-electron chi connectivity index (χ3n) is 5.02. The van der Waals surface area contributed by atoms with Crippen molar-refractivity contribution in [3.8, 4) is 0 Å². The summed E-state index contributed by atoms with van der Waals surface area (Å²) in [7, 11) is 0. The number of piperidine rings is 1. The predicted octanol–water partition coefficient (Wildman–Crippen LogP) is 3.04. The van der Waals surface area contributed by atoms with Gasteiger partial charge in [0.05, 0.1) is 34.8 Å². The Morgan fingerprint density at radius 2 is 1.94 bits per heavy atom. The van der Waals surface area contributed by atoms with Crippen LogP contribution >= 0.6 is 11.6 Å². The molecule has 0 unspecified atom stereocenters. The van der Waals surface area contributed by atoms with Crippen LogP contribution < -0.4 is 10.2 Å². The Bertz CT molecular complexity index is 1090. The minimum absolute atomic E-state index is 0.00217. The molecule has 31 heavy (non-hydrogen) atoms. The number of hydrogen-bond donors (Lipinski definition) is 3. The van der Waals surface area contributed by atoms with E-state index in [0.717, 1.165) is 6.07 Å². The number of aromatic nitrogens is 3. The molecule has 0 aliphatic carbocycles. The molecule has 0 spiro atoms. The van der Waals surface area contributed by atoms with Gasteiger partial charge in [-0.15, -0.1) is 0 Å². The fourth-order valence-corrected chi connectivity index (χ4v) is 3.58. The largest absolute Gasteiger partial charge is 0.393 e. The van der Waals surface area contributed by atoms with E-state index in [1.165, 1.54) is 36.8 Å². The van der Waals surface area contributed by atoms with E-state index >= 15 is 0 Å². The number of rotatable bonds is 5. The van der Waals surface area contributed by atoms with Crippen molar-refractivity contribution < 1.29 is 19.1 Å². The normalized spacial score (nSPS) is 14.5. The maximum Gasteiger partial charge on any atom is 0.272 e. The van der Waals surface area contributed by atoms with Gasteiger partial charge in [-0.1, -0.05) is 17.7 Å². The zero-order chi connectivity index (χ0) is 22.0. The summed E-state index contributed by atoms with van der Waals surface area (Å²) >= 11 is 5.95. The molecule has 4 rings (SSSR count). The molecule has 1 amide bonds. The lowest BCUT2D eigenvalue weighted by Gasteiger charge is -2.29. The van der Waals surface area contributed by atoms with E-state index in [4.69, 9.17) is 11.6 Å². The summed E-state index contributed by atoms with van der Waals surface area (Å²) in [5.74, 6) is -1.33. The van der Waals surface area contributed by atoms with Gasteiger partial charge in [-0.25, -0.2) is 14.4 Å². The minimum Gasteiger partial charge on any atom is -0.393 e. The van der Waals surface area contributed by atoms with E-state index in [-0.39, 0.29) is 27.9 Å². The van der Waals surface area contributed by atoms with Crippen LogP contribution in [0.4, 0.5) is 16.0 Å². The first kappa shape index (κ1) is 21.0. The number of ketones is 1. The molecule has 3 aromatic rings. The number of amides is 1. The number of aliphatic hydroxyl groups is 1. The topological polar surface area (TPSA) is 111 Å². The molecule has 10 heteroatoms. The second-order valence-corrected chi connectivity index (χ2v) is 7.58. The molecule has 0 saturated carbocycles. The molecule has 3 heterocycles. The van der Waals surface area contributed by atoms with Gasteiger partial charge in [-0.2, -0.15) is 0 Å². The molecule has 1 fully saturated rings. The number of carbonyl (C=O) groups is 2. The Hall–Kier alpha value is -3.30. The Morgan fingerprint density at radius 1 is 1.23 bits per heavy atom. The number of nitrogens with one attached hydrogen (secondary N) is 2. The summed E-state index contributed by atoms with van der Waals surface area (Å²) in [5, 5.41) is 12.2. The highest BCUT2D eigenvalue weighted by Crippen LogP contribution is 2.23. The summed E-state index contributed by atoms with van der Waals surface area (Å²) < 4.78 is 14.0. The lowest BCUT2D eigenvalue weighted by molar-refractivity contribution is 0.102. The van der Waals surface area contributed by atoms with Crippen LogP contribution in [0.15, 0.2) is 42.9 Å². The Labute approximate surface area is 182 Å². The van der Waals surface area contributed by atoms with Gasteiger partial charge in [0.1, 0.15) is 11.5 Å². The van der Waals surface area contributed by atoms with Gasteiger partial charge < -0.3 is 20.3 Å². The fourth-order valence-electron chi connectivity index (χ4n) is 3.33. The predicted molar refractivity (Wildman–Crippen MR) is 113 cm³/mol. The highest BCUT2D eigenvalue weighted by Gasteiger charge is 2.21. The second kappa shape index (κ2) is 8.83. The third kappa shape index (κ3) is 4.57. The van der Waals surface area contributed by atoms with Crippen molar-refractivity contribution in [2.45, 2.75) is 18.9 Å². The first-order chi connectivity index (χ1) is 14.9. The lowest BCUT2D eigenvalue weighted by Crippen LogP contribution is -2.36. The molecule has 1 aliphatic heterocycles. The number of hydrogen-bond acceptors (Lipinski definition) is 6. The average molecular weight is 444 g/mol. The lowest BCUT2D eigenvalue weighted by atomic mass is 10.1. The van der Waals surface area contributed by atoms with Gasteiger partial charge in [-0.05, 0) is 31.0 Å². The third-order valence-corrected chi connectivity index (χ3v) is 5.34. The molecule has 1 aliphatic rings. The van der Waals surface area contributed by atoms with Crippen LogP contribution in [0, 0.1) is 5.82 Å². The van der Waals surface area contributed by atoms with E-state index in [9.17, 15) is 19.1 Å². The number of carbonyl (C=O) groups excluding carboxylic acids is 2. The summed E-state index contributed by atoms with van der Waals surface area (Å²) in [6.07, 6.45) is 5.33. The summed E-state index contributed by atoms with van der Waals surface area (Å²) in [5.41, 5.74) is 0.357. The molecule has 3 N–H and O–H groups in total. The fraction of sp³-hybridized carbons (Fsp3) is 0.238. The molecule has 160 valence electrons. The van der Waals surface area contributed by atoms with Crippen LogP contribution in [0.2, 0.25) is 5.02 Å². The number of aliphatic hydroxyl groups excluding tert-OH is 1. The molecular formula is C21H19ClFN5O3. The Kier molecular flexibility index (Phi) is 5.97. The van der Waals surface area contributed by atoms with E-state index in [1.807, 2.05) is 4.90 Å². The van der Waals surface area contributed by atoms with Gasteiger partial charge in [-0.3, -0.25) is 9.59 Å². The zero-order valence-electron chi connectivity index (χ0n) is 16.3. The monoisotopic (exact) mass is 443 g/mol. The number of nitrogens with zero attached hydrogens (tertiary/aromatic N) is 3. The molecule has 2 aromatic heterocycles. The molecule has 8 nitrogen and oxygen atoms in total. The van der Waals surface area contributed by atoms with E-state index in [0.29, 0.717) is 37.6 Å². The molecular weight excluding hydrogens is 425 g/mol.